The maximum absolute atomic E-state index is 13.9. The molecule has 1 aliphatic rings. The number of carboxylic acid groups (broad SMARTS) is 1. The van der Waals surface area contributed by atoms with E-state index in [1.54, 1.807) is 0 Å². The number of carbonyl (C=O) groups is 3. The van der Waals surface area contributed by atoms with E-state index < -0.39 is 40.1 Å². The summed E-state index contributed by atoms with van der Waals surface area (Å²) in [5.41, 5.74) is 0.908. The number of hydrogen-bond donors (Lipinski definition) is 1. The standard InChI is InChI=1S/C31H48O7Si2/c1-21(24-18-26(22(2)25(24)19-32)37-40(10,11)30(3,4)5)17-27(36-20-23-15-13-12-14-16-23)28(33)31(6,29(34)35)38-39(7,8)9/h12-16,19,24,26-27H,1,17-18,20H2,2-11H3,(H,34,35)/t24-,26-,27-,31?/m1/s1. The summed E-state index contributed by atoms with van der Waals surface area (Å²) < 4.78 is 18.7. The smallest absolute Gasteiger partial charge is 0.342 e. The lowest BCUT2D eigenvalue weighted by atomic mass is 9.86. The Bertz CT molecular complexity index is 1130. The summed E-state index contributed by atoms with van der Waals surface area (Å²) in [6, 6.07) is 9.38. The largest absolute Gasteiger partial charge is 0.479 e. The van der Waals surface area contributed by atoms with Gasteiger partial charge in [0.25, 0.3) is 0 Å². The fourth-order valence-electron chi connectivity index (χ4n) is 4.71. The molecule has 2 rings (SSSR count). The van der Waals surface area contributed by atoms with Crippen molar-refractivity contribution in [1.82, 2.24) is 0 Å². The number of ether oxygens (including phenoxy) is 1. The van der Waals surface area contributed by atoms with Crippen LogP contribution in [0.5, 0.6) is 0 Å². The van der Waals surface area contributed by atoms with Gasteiger partial charge < -0.3 is 18.7 Å². The van der Waals surface area contributed by atoms with E-state index in [0.29, 0.717) is 17.6 Å². The van der Waals surface area contributed by atoms with Crippen molar-refractivity contribution in [3.8, 4) is 0 Å². The van der Waals surface area contributed by atoms with Crippen LogP contribution in [0.3, 0.4) is 0 Å². The second kappa shape index (κ2) is 12.8. The molecule has 9 heteroatoms. The first-order valence-corrected chi connectivity index (χ1v) is 20.2. The van der Waals surface area contributed by atoms with Gasteiger partial charge in [0.05, 0.1) is 12.7 Å². The molecule has 0 heterocycles. The van der Waals surface area contributed by atoms with Crippen molar-refractivity contribution >= 4 is 34.7 Å². The van der Waals surface area contributed by atoms with Crippen molar-refractivity contribution in [1.29, 1.82) is 0 Å². The van der Waals surface area contributed by atoms with Crippen LogP contribution in [-0.2, 0) is 34.6 Å². The van der Waals surface area contributed by atoms with E-state index >= 15 is 0 Å². The molecule has 1 unspecified atom stereocenters. The SMILES string of the molecule is C=C(C[C@@H](OCc1ccccc1)C(=O)C(C)(O[Si](C)(C)C)C(=O)O)[C@H]1C[C@@H](O[Si](C)(C)C(C)(C)C)C(C)=C1C=O. The normalized spacial score (nSPS) is 20.6. The quantitative estimate of drug-likeness (QED) is 0.112. The number of aldehydes is 1. The monoisotopic (exact) mass is 588 g/mol. The predicted molar refractivity (Wildman–Crippen MR) is 163 cm³/mol. The minimum Gasteiger partial charge on any atom is -0.479 e. The molecule has 1 aromatic rings. The van der Waals surface area contributed by atoms with Crippen LogP contribution < -0.4 is 0 Å². The molecule has 0 aromatic heterocycles. The molecule has 4 atom stereocenters. The first kappa shape index (κ1) is 34.0. The van der Waals surface area contributed by atoms with Crippen LogP contribution in [0.25, 0.3) is 0 Å². The lowest BCUT2D eigenvalue weighted by Crippen LogP contribution is -2.56. The van der Waals surface area contributed by atoms with Gasteiger partial charge in [0, 0.05) is 17.9 Å². The summed E-state index contributed by atoms with van der Waals surface area (Å²) >= 11 is 0. The Morgan fingerprint density at radius 2 is 1.68 bits per heavy atom. The van der Waals surface area contributed by atoms with Gasteiger partial charge in [-0.3, -0.25) is 9.59 Å². The zero-order valence-electron chi connectivity index (χ0n) is 25.9. The third kappa shape index (κ3) is 8.19. The van der Waals surface area contributed by atoms with Crippen molar-refractivity contribution in [2.24, 2.45) is 5.92 Å². The van der Waals surface area contributed by atoms with E-state index in [2.05, 4.69) is 40.4 Å². The summed E-state index contributed by atoms with van der Waals surface area (Å²) in [6.45, 7) is 24.0. The highest BCUT2D eigenvalue weighted by atomic mass is 28.4. The molecule has 0 aliphatic heterocycles. The number of allylic oxidation sites excluding steroid dienone is 1. The second-order valence-electron chi connectivity index (χ2n) is 13.5. The minimum atomic E-state index is -2.44. The molecule has 0 spiro atoms. The van der Waals surface area contributed by atoms with Gasteiger partial charge in [0.1, 0.15) is 12.4 Å². The molecular weight excluding hydrogens is 541 g/mol. The molecule has 0 fully saturated rings. The summed E-state index contributed by atoms with van der Waals surface area (Å²) in [5.74, 6) is -2.34. The minimum absolute atomic E-state index is 0.00413. The molecule has 0 saturated heterocycles. The molecule has 7 nitrogen and oxygen atoms in total. The third-order valence-corrected chi connectivity index (χ3v) is 13.6. The number of carboxylic acids is 1. The summed E-state index contributed by atoms with van der Waals surface area (Å²) in [6.07, 6.45) is 0.121. The lowest BCUT2D eigenvalue weighted by molar-refractivity contribution is -0.166. The Labute approximate surface area is 242 Å². The number of carbonyl (C=O) groups excluding carboxylic acids is 2. The fourth-order valence-corrected chi connectivity index (χ4v) is 7.46. The molecule has 0 amide bonds. The van der Waals surface area contributed by atoms with E-state index in [1.807, 2.05) is 56.9 Å². The summed E-state index contributed by atoms with van der Waals surface area (Å²) in [5, 5.41) is 10.1. The predicted octanol–water partition coefficient (Wildman–Crippen LogP) is 6.71. The number of rotatable bonds is 14. The van der Waals surface area contributed by atoms with E-state index in [1.165, 1.54) is 6.92 Å². The Hall–Kier alpha value is -2.18. The average molecular weight is 589 g/mol. The number of hydrogen-bond acceptors (Lipinski definition) is 6. The van der Waals surface area contributed by atoms with Crippen LogP contribution in [0, 0.1) is 5.92 Å². The van der Waals surface area contributed by atoms with Gasteiger partial charge in [-0.15, -0.1) is 0 Å². The van der Waals surface area contributed by atoms with Gasteiger partial charge in [-0.2, -0.15) is 0 Å². The van der Waals surface area contributed by atoms with Gasteiger partial charge in [-0.25, -0.2) is 4.79 Å². The number of aliphatic carboxylic acids is 1. The molecule has 0 saturated carbocycles. The molecule has 222 valence electrons. The van der Waals surface area contributed by atoms with Crippen LogP contribution in [0.4, 0.5) is 0 Å². The molecule has 1 aromatic carbocycles. The van der Waals surface area contributed by atoms with Gasteiger partial charge >= 0.3 is 5.97 Å². The number of Topliss-reactive ketones (excluding diaryl/α,β-unsaturated/α-hetero) is 1. The van der Waals surface area contributed by atoms with Crippen LogP contribution >= 0.6 is 0 Å². The van der Waals surface area contributed by atoms with Gasteiger partial charge in [0.2, 0.25) is 11.4 Å². The number of ketones is 1. The van der Waals surface area contributed by atoms with Gasteiger partial charge in [0.15, 0.2) is 16.6 Å². The van der Waals surface area contributed by atoms with E-state index in [4.69, 9.17) is 13.6 Å². The van der Waals surface area contributed by atoms with Crippen LogP contribution in [0.1, 0.15) is 53.0 Å². The first-order chi connectivity index (χ1) is 18.2. The second-order valence-corrected chi connectivity index (χ2v) is 22.7. The van der Waals surface area contributed by atoms with Crippen molar-refractivity contribution in [3.05, 3.63) is 59.2 Å². The lowest BCUT2D eigenvalue weighted by Gasteiger charge is -2.39. The van der Waals surface area contributed by atoms with Gasteiger partial charge in [-0.1, -0.05) is 63.3 Å². The van der Waals surface area contributed by atoms with Crippen LogP contribution in [-0.4, -0.2) is 57.6 Å². The van der Waals surface area contributed by atoms with Crippen molar-refractivity contribution in [2.45, 2.75) is 110 Å². The van der Waals surface area contributed by atoms with E-state index in [9.17, 15) is 19.5 Å². The highest BCUT2D eigenvalue weighted by molar-refractivity contribution is 6.74. The Morgan fingerprint density at radius 3 is 2.15 bits per heavy atom. The average Bonchev–Trinajstić information content (AvgIpc) is 3.14. The fraction of sp³-hybridized carbons (Fsp3) is 0.581. The molecular formula is C31H48O7Si2. The zero-order chi connectivity index (χ0) is 30.7. The molecule has 1 N–H and O–H groups in total. The van der Waals surface area contributed by atoms with E-state index in [0.717, 1.165) is 17.4 Å². The molecule has 0 bridgehead atoms. The summed E-state index contributed by atoms with van der Waals surface area (Å²) in [4.78, 5) is 38.5. The first-order valence-electron chi connectivity index (χ1n) is 13.9. The Kier molecular flexibility index (Phi) is 10.9. The zero-order valence-corrected chi connectivity index (χ0v) is 27.9. The van der Waals surface area contributed by atoms with Crippen LogP contribution in [0.15, 0.2) is 53.6 Å². The highest BCUT2D eigenvalue weighted by Crippen LogP contribution is 2.44. The van der Waals surface area contributed by atoms with Crippen molar-refractivity contribution in [2.75, 3.05) is 0 Å². The molecule has 1 aliphatic carbocycles. The molecule has 40 heavy (non-hydrogen) atoms. The Morgan fingerprint density at radius 1 is 1.10 bits per heavy atom. The maximum atomic E-state index is 13.9. The highest BCUT2D eigenvalue weighted by Gasteiger charge is 2.49. The maximum Gasteiger partial charge on any atom is 0.342 e. The van der Waals surface area contributed by atoms with E-state index in [-0.39, 0.29) is 30.1 Å². The van der Waals surface area contributed by atoms with Crippen molar-refractivity contribution < 1.29 is 33.1 Å². The Balaban J connectivity index is 2.38. The number of benzene rings is 1. The van der Waals surface area contributed by atoms with Gasteiger partial charge in [-0.05, 0) is 69.2 Å². The summed E-state index contributed by atoms with van der Waals surface area (Å²) in [7, 11) is -4.55. The topological polar surface area (TPSA) is 99.1 Å². The van der Waals surface area contributed by atoms with Crippen molar-refractivity contribution in [3.63, 3.8) is 0 Å². The van der Waals surface area contributed by atoms with Crippen LogP contribution in [0.2, 0.25) is 37.8 Å². The third-order valence-electron chi connectivity index (χ3n) is 8.05. The molecule has 0 radical (unpaired) electrons.